The summed E-state index contributed by atoms with van der Waals surface area (Å²) in [5.41, 5.74) is 5.60. The van der Waals surface area contributed by atoms with Crippen LogP contribution in [0.15, 0.2) is 0 Å². The minimum atomic E-state index is 0.121. The van der Waals surface area contributed by atoms with Gasteiger partial charge in [0.05, 0.1) is 6.10 Å². The number of hydrogen-bond donors (Lipinski definition) is 2. The Morgan fingerprint density at radius 2 is 2.25 bits per heavy atom. The number of nitrogen functional groups attached to an aromatic ring is 1. The number of aromatic nitrogens is 1. The first-order valence-electron chi connectivity index (χ1n) is 3.74. The molecule has 0 unspecified atom stereocenters. The van der Waals surface area contributed by atoms with Crippen LogP contribution in [0.4, 0.5) is 10.8 Å². The maximum atomic E-state index is 5.60. The molecule has 0 aromatic carbocycles. The molecular formula is C7H13N3OS. The minimum Gasteiger partial charge on any atom is -0.484 e. The average Bonchev–Trinajstić information content (AvgIpc) is 2.32. The topological polar surface area (TPSA) is 60.2 Å². The highest BCUT2D eigenvalue weighted by atomic mass is 32.1. The van der Waals surface area contributed by atoms with Crippen molar-refractivity contribution in [3.63, 3.8) is 0 Å². The zero-order valence-electron chi connectivity index (χ0n) is 7.42. The molecule has 1 rings (SSSR count). The first-order valence-corrected chi connectivity index (χ1v) is 4.52. The molecule has 0 saturated carbocycles. The van der Waals surface area contributed by atoms with E-state index in [0.29, 0.717) is 11.6 Å². The molecule has 0 spiro atoms. The zero-order valence-corrected chi connectivity index (χ0v) is 8.23. The van der Waals surface area contributed by atoms with Gasteiger partial charge in [-0.2, -0.15) is 4.37 Å². The summed E-state index contributed by atoms with van der Waals surface area (Å²) in [6.07, 6.45) is 0.121. The van der Waals surface area contributed by atoms with Crippen molar-refractivity contribution in [3.8, 4) is 5.75 Å². The molecule has 0 saturated heterocycles. The van der Waals surface area contributed by atoms with E-state index in [-0.39, 0.29) is 6.10 Å². The van der Waals surface area contributed by atoms with E-state index in [1.165, 1.54) is 11.5 Å². The van der Waals surface area contributed by atoms with Crippen LogP contribution in [0, 0.1) is 0 Å². The first-order chi connectivity index (χ1) is 5.65. The Kier molecular flexibility index (Phi) is 2.75. The van der Waals surface area contributed by atoms with Crippen molar-refractivity contribution in [2.75, 3.05) is 18.1 Å². The Balaban J connectivity index is 2.86. The van der Waals surface area contributed by atoms with Crippen LogP contribution in [-0.2, 0) is 0 Å². The van der Waals surface area contributed by atoms with Gasteiger partial charge in [-0.1, -0.05) is 0 Å². The fourth-order valence-electron chi connectivity index (χ4n) is 0.803. The molecule has 0 bridgehead atoms. The van der Waals surface area contributed by atoms with Crippen molar-refractivity contribution >= 4 is 22.4 Å². The van der Waals surface area contributed by atoms with Crippen LogP contribution in [0.2, 0.25) is 0 Å². The number of ether oxygens (including phenoxy) is 1. The summed E-state index contributed by atoms with van der Waals surface area (Å²) in [5, 5.41) is 3.85. The van der Waals surface area contributed by atoms with E-state index in [9.17, 15) is 0 Å². The number of nitrogens with two attached hydrogens (primary N) is 1. The largest absolute Gasteiger partial charge is 0.484 e. The summed E-state index contributed by atoms with van der Waals surface area (Å²) < 4.78 is 9.44. The van der Waals surface area contributed by atoms with Gasteiger partial charge in [0, 0.05) is 7.05 Å². The highest BCUT2D eigenvalue weighted by molar-refractivity contribution is 7.11. The highest BCUT2D eigenvalue weighted by Gasteiger charge is 2.12. The normalized spacial score (nSPS) is 10.3. The second kappa shape index (κ2) is 3.62. The third kappa shape index (κ3) is 1.79. The summed E-state index contributed by atoms with van der Waals surface area (Å²) in [6, 6.07) is 0. The van der Waals surface area contributed by atoms with E-state index in [1.54, 1.807) is 0 Å². The highest BCUT2D eigenvalue weighted by Crippen LogP contribution is 2.35. The maximum Gasteiger partial charge on any atom is 0.197 e. The SMILES string of the molecule is CNc1snc(N)c1OC(C)C. The summed E-state index contributed by atoms with van der Waals surface area (Å²) >= 11 is 1.31. The molecule has 1 aromatic rings. The Morgan fingerprint density at radius 1 is 1.58 bits per heavy atom. The van der Waals surface area contributed by atoms with Gasteiger partial charge < -0.3 is 15.8 Å². The lowest BCUT2D eigenvalue weighted by Crippen LogP contribution is -2.07. The lowest BCUT2D eigenvalue weighted by Gasteiger charge is -2.09. The summed E-state index contributed by atoms with van der Waals surface area (Å²) in [5.74, 6) is 1.12. The van der Waals surface area contributed by atoms with E-state index < -0.39 is 0 Å². The Bertz CT molecular complexity index is 259. The van der Waals surface area contributed by atoms with Crippen molar-refractivity contribution in [1.82, 2.24) is 4.37 Å². The monoisotopic (exact) mass is 187 g/mol. The second-order valence-corrected chi connectivity index (χ2v) is 3.42. The summed E-state index contributed by atoms with van der Waals surface area (Å²) in [7, 11) is 1.82. The maximum absolute atomic E-state index is 5.60. The van der Waals surface area contributed by atoms with Gasteiger partial charge in [0.15, 0.2) is 16.6 Å². The van der Waals surface area contributed by atoms with Crippen LogP contribution in [0.1, 0.15) is 13.8 Å². The standard InChI is InChI=1S/C7H13N3OS/c1-4(2)11-5-6(8)10-12-7(5)9-3/h4,9H,1-3H3,(H2,8,10). The van der Waals surface area contributed by atoms with Crippen molar-refractivity contribution < 1.29 is 4.74 Å². The molecule has 4 nitrogen and oxygen atoms in total. The molecule has 1 aromatic heterocycles. The Labute approximate surface area is 75.9 Å². The molecular weight excluding hydrogens is 174 g/mol. The average molecular weight is 187 g/mol. The smallest absolute Gasteiger partial charge is 0.197 e. The third-order valence-electron chi connectivity index (χ3n) is 1.25. The molecule has 68 valence electrons. The number of anilines is 2. The number of hydrogen-bond acceptors (Lipinski definition) is 5. The first kappa shape index (κ1) is 9.12. The molecule has 0 amide bonds. The van der Waals surface area contributed by atoms with Crippen LogP contribution in [0.3, 0.4) is 0 Å². The zero-order chi connectivity index (χ0) is 9.14. The van der Waals surface area contributed by atoms with E-state index >= 15 is 0 Å². The molecule has 0 fully saturated rings. The van der Waals surface area contributed by atoms with Crippen LogP contribution in [-0.4, -0.2) is 17.5 Å². The van der Waals surface area contributed by atoms with E-state index in [4.69, 9.17) is 10.5 Å². The van der Waals surface area contributed by atoms with Gasteiger partial charge in [-0.25, -0.2) is 0 Å². The van der Waals surface area contributed by atoms with Gasteiger partial charge in [-0.05, 0) is 25.4 Å². The van der Waals surface area contributed by atoms with Gasteiger partial charge in [-0.3, -0.25) is 0 Å². The molecule has 3 N–H and O–H groups in total. The number of nitrogens with zero attached hydrogens (tertiary/aromatic N) is 1. The molecule has 1 heterocycles. The number of rotatable bonds is 3. The van der Waals surface area contributed by atoms with Crippen LogP contribution < -0.4 is 15.8 Å². The molecule has 12 heavy (non-hydrogen) atoms. The van der Waals surface area contributed by atoms with Gasteiger partial charge in [0.25, 0.3) is 0 Å². The fraction of sp³-hybridized carbons (Fsp3) is 0.571. The predicted octanol–water partition coefficient (Wildman–Crippen LogP) is 1.55. The van der Waals surface area contributed by atoms with Crippen molar-refractivity contribution in [1.29, 1.82) is 0 Å². The minimum absolute atomic E-state index is 0.121. The van der Waals surface area contributed by atoms with Crippen molar-refractivity contribution in [3.05, 3.63) is 0 Å². The van der Waals surface area contributed by atoms with Gasteiger partial charge in [0.2, 0.25) is 0 Å². The van der Waals surface area contributed by atoms with E-state index in [0.717, 1.165) is 5.00 Å². The van der Waals surface area contributed by atoms with Gasteiger partial charge >= 0.3 is 0 Å². The van der Waals surface area contributed by atoms with Crippen molar-refractivity contribution in [2.45, 2.75) is 20.0 Å². The van der Waals surface area contributed by atoms with Crippen LogP contribution in [0.25, 0.3) is 0 Å². The fourth-order valence-corrected chi connectivity index (χ4v) is 1.40. The molecule has 0 aliphatic rings. The Morgan fingerprint density at radius 3 is 2.75 bits per heavy atom. The third-order valence-corrected chi connectivity index (χ3v) is 2.11. The van der Waals surface area contributed by atoms with Gasteiger partial charge in [-0.15, -0.1) is 0 Å². The van der Waals surface area contributed by atoms with E-state index in [2.05, 4.69) is 9.69 Å². The van der Waals surface area contributed by atoms with Crippen LogP contribution >= 0.6 is 11.5 Å². The lowest BCUT2D eigenvalue weighted by atomic mass is 10.4. The van der Waals surface area contributed by atoms with Crippen molar-refractivity contribution in [2.24, 2.45) is 0 Å². The summed E-state index contributed by atoms with van der Waals surface area (Å²) in [4.78, 5) is 0. The molecule has 5 heteroatoms. The second-order valence-electron chi connectivity index (χ2n) is 2.64. The lowest BCUT2D eigenvalue weighted by molar-refractivity contribution is 0.245. The predicted molar refractivity (Wildman–Crippen MR) is 51.8 cm³/mol. The van der Waals surface area contributed by atoms with Gasteiger partial charge in [0.1, 0.15) is 0 Å². The Hall–Kier alpha value is -0.970. The molecule has 0 radical (unpaired) electrons. The quantitative estimate of drug-likeness (QED) is 0.753. The molecule has 0 aliphatic carbocycles. The van der Waals surface area contributed by atoms with Crippen LogP contribution in [0.5, 0.6) is 5.75 Å². The number of nitrogens with one attached hydrogen (secondary N) is 1. The molecule has 0 atom stereocenters. The van der Waals surface area contributed by atoms with E-state index in [1.807, 2.05) is 20.9 Å². The summed E-state index contributed by atoms with van der Waals surface area (Å²) in [6.45, 7) is 3.91. The molecule has 0 aliphatic heterocycles.